The Morgan fingerprint density at radius 1 is 1.56 bits per heavy atom. The zero-order chi connectivity index (χ0) is 13.1. The molecule has 7 heteroatoms. The Labute approximate surface area is 105 Å². The Kier molecular flexibility index (Phi) is 4.15. The number of hydroxylamine groups is 2. The van der Waals surface area contributed by atoms with Crippen LogP contribution in [-0.2, 0) is 19.2 Å². The Bertz CT molecular complexity index is 335. The summed E-state index contributed by atoms with van der Waals surface area (Å²) in [6, 6.07) is 0. The number of rotatable bonds is 4. The van der Waals surface area contributed by atoms with Gasteiger partial charge in [-0.1, -0.05) is 0 Å². The molecule has 2 saturated heterocycles. The second-order valence-corrected chi connectivity index (χ2v) is 4.58. The van der Waals surface area contributed by atoms with Crippen LogP contribution >= 0.6 is 0 Å². The van der Waals surface area contributed by atoms with Gasteiger partial charge in [0.2, 0.25) is 5.91 Å². The van der Waals surface area contributed by atoms with E-state index in [1.807, 2.05) is 0 Å². The van der Waals surface area contributed by atoms with Crippen LogP contribution in [0.25, 0.3) is 0 Å². The maximum absolute atomic E-state index is 12.0. The van der Waals surface area contributed by atoms with E-state index in [0.29, 0.717) is 19.7 Å². The lowest BCUT2D eigenvalue weighted by Crippen LogP contribution is -2.36. The first-order valence-electron chi connectivity index (χ1n) is 6.01. The average Bonchev–Trinajstić information content (AvgIpc) is 2.92. The van der Waals surface area contributed by atoms with Gasteiger partial charge in [0.1, 0.15) is 6.61 Å². The minimum absolute atomic E-state index is 0.0369. The highest BCUT2D eigenvalue weighted by Gasteiger charge is 2.38. The summed E-state index contributed by atoms with van der Waals surface area (Å²) in [6.07, 6.45) is -0.422. The Morgan fingerprint density at radius 3 is 2.94 bits per heavy atom. The van der Waals surface area contributed by atoms with Gasteiger partial charge in [0.05, 0.1) is 25.2 Å². The number of β-amino-alcohol motifs (C(OH)–C–C–N with tert-alkyl or cyclic N) is 1. The molecular weight excluding hydrogens is 240 g/mol. The zero-order valence-corrected chi connectivity index (χ0v) is 10.4. The quantitative estimate of drug-likeness (QED) is 0.672. The van der Waals surface area contributed by atoms with Gasteiger partial charge in [-0.3, -0.25) is 14.4 Å². The first-order chi connectivity index (χ1) is 8.61. The van der Waals surface area contributed by atoms with Gasteiger partial charge in [-0.05, 0) is 0 Å². The maximum atomic E-state index is 12.0. The fourth-order valence-electron chi connectivity index (χ4n) is 2.19. The van der Waals surface area contributed by atoms with Crippen molar-refractivity contribution in [3.05, 3.63) is 0 Å². The number of carbonyl (C=O) groups excluding carboxylic acids is 2. The van der Waals surface area contributed by atoms with E-state index in [1.54, 1.807) is 12.0 Å². The molecule has 0 bridgehead atoms. The van der Waals surface area contributed by atoms with Crippen molar-refractivity contribution in [2.75, 3.05) is 40.0 Å². The molecule has 2 atom stereocenters. The van der Waals surface area contributed by atoms with Crippen LogP contribution in [0.1, 0.15) is 6.42 Å². The standard InChI is InChI=1S/C11H18N2O5/c1-17-3-2-12-5-8(4-10(12)15)11(16)13-6-9(14)7-18-13/h8-9,14H,2-7H2,1H3/t8?,9-/m1/s1. The van der Waals surface area contributed by atoms with E-state index in [9.17, 15) is 14.7 Å². The van der Waals surface area contributed by atoms with E-state index in [0.717, 1.165) is 0 Å². The molecule has 2 heterocycles. The van der Waals surface area contributed by atoms with Gasteiger partial charge in [-0.2, -0.15) is 0 Å². The molecule has 0 aromatic carbocycles. The van der Waals surface area contributed by atoms with Crippen molar-refractivity contribution in [2.45, 2.75) is 12.5 Å². The first kappa shape index (κ1) is 13.3. The molecule has 1 N–H and O–H groups in total. The predicted molar refractivity (Wildman–Crippen MR) is 60.2 cm³/mol. The van der Waals surface area contributed by atoms with Crippen LogP contribution in [0.2, 0.25) is 0 Å². The molecular formula is C11H18N2O5. The maximum Gasteiger partial charge on any atom is 0.251 e. The van der Waals surface area contributed by atoms with Gasteiger partial charge in [0, 0.05) is 26.6 Å². The largest absolute Gasteiger partial charge is 0.389 e. The Balaban J connectivity index is 1.87. The highest BCUT2D eigenvalue weighted by Crippen LogP contribution is 2.21. The average molecular weight is 258 g/mol. The molecule has 0 aromatic rings. The third-order valence-corrected chi connectivity index (χ3v) is 3.17. The summed E-state index contributed by atoms with van der Waals surface area (Å²) in [6.45, 7) is 1.69. The van der Waals surface area contributed by atoms with Gasteiger partial charge < -0.3 is 14.7 Å². The first-order valence-corrected chi connectivity index (χ1v) is 6.01. The van der Waals surface area contributed by atoms with Crippen LogP contribution < -0.4 is 0 Å². The number of aliphatic hydroxyl groups is 1. The number of hydrogen-bond acceptors (Lipinski definition) is 5. The van der Waals surface area contributed by atoms with E-state index in [4.69, 9.17) is 9.57 Å². The van der Waals surface area contributed by atoms with Crippen molar-refractivity contribution in [1.82, 2.24) is 9.96 Å². The number of likely N-dealkylation sites (tertiary alicyclic amines) is 1. The lowest BCUT2D eigenvalue weighted by molar-refractivity contribution is -0.173. The van der Waals surface area contributed by atoms with Crippen molar-refractivity contribution in [1.29, 1.82) is 0 Å². The number of aliphatic hydroxyl groups excluding tert-OH is 1. The van der Waals surface area contributed by atoms with Gasteiger partial charge in [0.25, 0.3) is 5.91 Å². The number of nitrogens with zero attached hydrogens (tertiary/aromatic N) is 2. The van der Waals surface area contributed by atoms with E-state index in [2.05, 4.69) is 0 Å². The fraction of sp³-hybridized carbons (Fsp3) is 0.818. The van der Waals surface area contributed by atoms with Gasteiger partial charge in [-0.25, -0.2) is 5.06 Å². The minimum atomic E-state index is -0.629. The summed E-state index contributed by atoms with van der Waals surface area (Å²) in [5.74, 6) is -0.635. The molecule has 18 heavy (non-hydrogen) atoms. The van der Waals surface area contributed by atoms with Crippen LogP contribution in [0.4, 0.5) is 0 Å². The number of hydrogen-bond donors (Lipinski definition) is 1. The summed E-state index contributed by atoms with van der Waals surface area (Å²) in [7, 11) is 1.57. The van der Waals surface area contributed by atoms with Crippen molar-refractivity contribution < 1.29 is 24.3 Å². The molecule has 1 unspecified atom stereocenters. The van der Waals surface area contributed by atoms with Gasteiger partial charge in [0.15, 0.2) is 0 Å². The molecule has 2 fully saturated rings. The van der Waals surface area contributed by atoms with Crippen LogP contribution in [0.5, 0.6) is 0 Å². The predicted octanol–water partition coefficient (Wildman–Crippen LogP) is -1.38. The van der Waals surface area contributed by atoms with E-state index in [1.165, 1.54) is 5.06 Å². The molecule has 2 rings (SSSR count). The lowest BCUT2D eigenvalue weighted by atomic mass is 10.1. The number of methoxy groups -OCH3 is 1. The molecule has 0 aromatic heterocycles. The molecule has 2 amide bonds. The third kappa shape index (κ3) is 2.80. The highest BCUT2D eigenvalue weighted by molar-refractivity contribution is 5.88. The normalized spacial score (nSPS) is 28.2. The number of carbonyl (C=O) groups is 2. The zero-order valence-electron chi connectivity index (χ0n) is 10.4. The van der Waals surface area contributed by atoms with Crippen LogP contribution in [0.3, 0.4) is 0 Å². The van der Waals surface area contributed by atoms with E-state index in [-0.39, 0.29) is 37.3 Å². The summed E-state index contributed by atoms with van der Waals surface area (Å²) in [5, 5.41) is 10.5. The highest BCUT2D eigenvalue weighted by atomic mass is 16.7. The molecule has 0 radical (unpaired) electrons. The molecule has 0 spiro atoms. The molecule has 7 nitrogen and oxygen atoms in total. The third-order valence-electron chi connectivity index (χ3n) is 3.17. The molecule has 2 aliphatic rings. The van der Waals surface area contributed by atoms with Crippen molar-refractivity contribution in [2.24, 2.45) is 5.92 Å². The lowest BCUT2D eigenvalue weighted by Gasteiger charge is -2.19. The van der Waals surface area contributed by atoms with Crippen molar-refractivity contribution in [3.8, 4) is 0 Å². The summed E-state index contributed by atoms with van der Waals surface area (Å²) < 4.78 is 4.91. The summed E-state index contributed by atoms with van der Waals surface area (Å²) in [4.78, 5) is 30.4. The van der Waals surface area contributed by atoms with Gasteiger partial charge >= 0.3 is 0 Å². The van der Waals surface area contributed by atoms with E-state index >= 15 is 0 Å². The summed E-state index contributed by atoms with van der Waals surface area (Å²) in [5.41, 5.74) is 0. The Hall–Kier alpha value is -1.18. The molecule has 102 valence electrons. The molecule has 2 aliphatic heterocycles. The summed E-state index contributed by atoms with van der Waals surface area (Å²) >= 11 is 0. The van der Waals surface area contributed by atoms with Crippen LogP contribution in [-0.4, -0.2) is 72.9 Å². The topological polar surface area (TPSA) is 79.3 Å². The number of amides is 2. The minimum Gasteiger partial charge on any atom is -0.389 e. The SMILES string of the molecule is COCCN1CC(C(=O)N2C[C@@H](O)CO2)CC1=O. The second-order valence-electron chi connectivity index (χ2n) is 4.58. The van der Waals surface area contributed by atoms with Crippen LogP contribution in [0, 0.1) is 5.92 Å². The van der Waals surface area contributed by atoms with Crippen molar-refractivity contribution in [3.63, 3.8) is 0 Å². The fourth-order valence-corrected chi connectivity index (χ4v) is 2.19. The van der Waals surface area contributed by atoms with Crippen molar-refractivity contribution >= 4 is 11.8 Å². The smallest absolute Gasteiger partial charge is 0.251 e. The second kappa shape index (κ2) is 5.64. The Morgan fingerprint density at radius 2 is 2.33 bits per heavy atom. The molecule has 0 aliphatic carbocycles. The van der Waals surface area contributed by atoms with Crippen LogP contribution in [0.15, 0.2) is 0 Å². The monoisotopic (exact) mass is 258 g/mol. The number of ether oxygens (including phenoxy) is 1. The molecule has 0 saturated carbocycles. The van der Waals surface area contributed by atoms with E-state index < -0.39 is 6.10 Å². The van der Waals surface area contributed by atoms with Gasteiger partial charge in [-0.15, -0.1) is 0 Å².